The van der Waals surface area contributed by atoms with Crippen molar-refractivity contribution < 1.29 is 0 Å². The maximum Gasteiger partial charge on any atom is 0.0751 e. The molecule has 1 atom stereocenters. The summed E-state index contributed by atoms with van der Waals surface area (Å²) in [5.74, 6) is 0. The summed E-state index contributed by atoms with van der Waals surface area (Å²) in [5, 5.41) is 4.15. The Morgan fingerprint density at radius 2 is 1.76 bits per heavy atom. The van der Waals surface area contributed by atoms with Crippen LogP contribution in [0.2, 0.25) is 5.02 Å². The standard InChI is InChI=1S/C18H23ClN2/c1-5-20-17(16-11-10-15(19)12-21-16)13-6-8-14(9-7-13)18(2,3)4/h6-12,17,20H,5H2,1-4H3. The lowest BCUT2D eigenvalue weighted by Gasteiger charge is -2.22. The van der Waals surface area contributed by atoms with E-state index >= 15 is 0 Å². The van der Waals surface area contributed by atoms with E-state index in [0.29, 0.717) is 5.02 Å². The molecule has 0 bridgehead atoms. The van der Waals surface area contributed by atoms with Crippen LogP contribution in [-0.2, 0) is 5.41 Å². The Balaban J connectivity index is 2.32. The van der Waals surface area contributed by atoms with Gasteiger partial charge in [-0.25, -0.2) is 0 Å². The smallest absolute Gasteiger partial charge is 0.0751 e. The lowest BCUT2D eigenvalue weighted by molar-refractivity contribution is 0.586. The molecule has 21 heavy (non-hydrogen) atoms. The number of halogens is 1. The molecule has 0 fully saturated rings. The number of pyridine rings is 1. The Bertz CT molecular complexity index is 568. The van der Waals surface area contributed by atoms with Crippen molar-refractivity contribution in [3.05, 3.63) is 64.4 Å². The van der Waals surface area contributed by atoms with Gasteiger partial charge in [-0.1, -0.05) is 63.6 Å². The highest BCUT2D eigenvalue weighted by molar-refractivity contribution is 6.30. The molecular weight excluding hydrogens is 280 g/mol. The van der Waals surface area contributed by atoms with Gasteiger partial charge in [-0.05, 0) is 35.2 Å². The van der Waals surface area contributed by atoms with Crippen LogP contribution >= 0.6 is 11.6 Å². The molecule has 0 aliphatic heterocycles. The average molecular weight is 303 g/mol. The Kier molecular flexibility index (Phi) is 5.02. The van der Waals surface area contributed by atoms with Crippen molar-refractivity contribution in [2.75, 3.05) is 6.54 Å². The molecule has 1 aromatic carbocycles. The predicted octanol–water partition coefficient (Wildman–Crippen LogP) is 4.73. The van der Waals surface area contributed by atoms with Crippen molar-refractivity contribution in [3.63, 3.8) is 0 Å². The molecule has 1 N–H and O–H groups in total. The number of rotatable bonds is 4. The van der Waals surface area contributed by atoms with E-state index in [1.54, 1.807) is 6.20 Å². The third kappa shape index (κ3) is 4.05. The van der Waals surface area contributed by atoms with Gasteiger partial charge in [0.2, 0.25) is 0 Å². The number of hydrogen-bond donors (Lipinski definition) is 1. The van der Waals surface area contributed by atoms with E-state index in [1.807, 2.05) is 12.1 Å². The zero-order chi connectivity index (χ0) is 15.5. The topological polar surface area (TPSA) is 24.9 Å². The lowest BCUT2D eigenvalue weighted by Crippen LogP contribution is -2.23. The monoisotopic (exact) mass is 302 g/mol. The summed E-state index contributed by atoms with van der Waals surface area (Å²) in [4.78, 5) is 4.45. The molecule has 0 spiro atoms. The van der Waals surface area contributed by atoms with Crippen LogP contribution < -0.4 is 5.32 Å². The third-order valence-corrected chi connectivity index (χ3v) is 3.79. The highest BCUT2D eigenvalue weighted by Gasteiger charge is 2.17. The fraction of sp³-hybridized carbons (Fsp3) is 0.389. The first kappa shape index (κ1) is 16.0. The minimum Gasteiger partial charge on any atom is -0.305 e. The van der Waals surface area contributed by atoms with E-state index in [4.69, 9.17) is 11.6 Å². The van der Waals surface area contributed by atoms with Crippen LogP contribution in [0.3, 0.4) is 0 Å². The molecular formula is C18H23ClN2. The predicted molar refractivity (Wildman–Crippen MR) is 89.9 cm³/mol. The van der Waals surface area contributed by atoms with Gasteiger partial charge in [-0.3, -0.25) is 4.98 Å². The van der Waals surface area contributed by atoms with Gasteiger partial charge in [-0.2, -0.15) is 0 Å². The number of benzene rings is 1. The van der Waals surface area contributed by atoms with Crippen LogP contribution in [0, 0.1) is 0 Å². The minimum absolute atomic E-state index is 0.0984. The SMILES string of the molecule is CCNC(c1ccc(C(C)(C)C)cc1)c1ccc(Cl)cn1. The fourth-order valence-corrected chi connectivity index (χ4v) is 2.44. The molecule has 0 saturated carbocycles. The summed E-state index contributed by atoms with van der Waals surface area (Å²) < 4.78 is 0. The molecule has 2 aromatic rings. The molecule has 3 heteroatoms. The molecule has 0 aliphatic rings. The van der Waals surface area contributed by atoms with Crippen molar-refractivity contribution in [1.82, 2.24) is 10.3 Å². The molecule has 0 saturated heterocycles. The van der Waals surface area contributed by atoms with Crippen LogP contribution in [0.15, 0.2) is 42.6 Å². The normalized spacial score (nSPS) is 13.2. The Labute approximate surface area is 132 Å². The van der Waals surface area contributed by atoms with Crippen LogP contribution in [0.5, 0.6) is 0 Å². The molecule has 1 aromatic heterocycles. The van der Waals surface area contributed by atoms with Crippen LogP contribution in [-0.4, -0.2) is 11.5 Å². The van der Waals surface area contributed by atoms with E-state index in [0.717, 1.165) is 12.2 Å². The lowest BCUT2D eigenvalue weighted by atomic mass is 9.86. The number of aromatic nitrogens is 1. The first-order valence-corrected chi connectivity index (χ1v) is 7.75. The van der Waals surface area contributed by atoms with Crippen LogP contribution in [0.1, 0.15) is 50.6 Å². The minimum atomic E-state index is 0.0984. The molecule has 112 valence electrons. The summed E-state index contributed by atoms with van der Waals surface area (Å²) in [6.07, 6.45) is 1.70. The fourth-order valence-electron chi connectivity index (χ4n) is 2.33. The van der Waals surface area contributed by atoms with E-state index in [-0.39, 0.29) is 11.5 Å². The zero-order valence-corrected chi connectivity index (χ0v) is 13.9. The van der Waals surface area contributed by atoms with Gasteiger partial charge in [-0.15, -0.1) is 0 Å². The van der Waals surface area contributed by atoms with E-state index in [9.17, 15) is 0 Å². The molecule has 0 aliphatic carbocycles. The average Bonchev–Trinajstić information content (AvgIpc) is 2.45. The molecule has 0 amide bonds. The number of nitrogens with one attached hydrogen (secondary N) is 1. The first-order valence-electron chi connectivity index (χ1n) is 7.37. The van der Waals surface area contributed by atoms with Crippen molar-refractivity contribution in [2.45, 2.75) is 39.2 Å². The molecule has 2 rings (SSSR count). The molecule has 1 unspecified atom stereocenters. The second-order valence-electron chi connectivity index (χ2n) is 6.26. The van der Waals surface area contributed by atoms with Gasteiger partial charge in [0, 0.05) is 6.20 Å². The second kappa shape index (κ2) is 6.59. The summed E-state index contributed by atoms with van der Waals surface area (Å²) in [5.41, 5.74) is 3.72. The zero-order valence-electron chi connectivity index (χ0n) is 13.2. The largest absolute Gasteiger partial charge is 0.305 e. The third-order valence-electron chi connectivity index (χ3n) is 3.56. The Morgan fingerprint density at radius 1 is 1.10 bits per heavy atom. The van der Waals surface area contributed by atoms with Gasteiger partial charge in [0.15, 0.2) is 0 Å². The van der Waals surface area contributed by atoms with Crippen LogP contribution in [0.4, 0.5) is 0 Å². The second-order valence-corrected chi connectivity index (χ2v) is 6.70. The highest BCUT2D eigenvalue weighted by atomic mass is 35.5. The van der Waals surface area contributed by atoms with Crippen LogP contribution in [0.25, 0.3) is 0 Å². The maximum absolute atomic E-state index is 5.93. The summed E-state index contributed by atoms with van der Waals surface area (Å²) in [6.45, 7) is 9.67. The van der Waals surface area contributed by atoms with Crippen molar-refractivity contribution >= 4 is 11.6 Å². The highest BCUT2D eigenvalue weighted by Crippen LogP contribution is 2.26. The Hall–Kier alpha value is -1.38. The van der Waals surface area contributed by atoms with Gasteiger partial charge < -0.3 is 5.32 Å². The van der Waals surface area contributed by atoms with E-state index in [2.05, 4.69) is 62.3 Å². The van der Waals surface area contributed by atoms with Gasteiger partial charge >= 0.3 is 0 Å². The molecule has 2 nitrogen and oxygen atoms in total. The van der Waals surface area contributed by atoms with E-state index < -0.39 is 0 Å². The first-order chi connectivity index (χ1) is 9.91. The van der Waals surface area contributed by atoms with E-state index in [1.165, 1.54) is 11.1 Å². The summed E-state index contributed by atoms with van der Waals surface area (Å²) >= 11 is 5.93. The maximum atomic E-state index is 5.93. The summed E-state index contributed by atoms with van der Waals surface area (Å²) in [7, 11) is 0. The van der Waals surface area contributed by atoms with Crippen molar-refractivity contribution in [1.29, 1.82) is 0 Å². The van der Waals surface area contributed by atoms with Gasteiger partial charge in [0.05, 0.1) is 16.8 Å². The molecule has 0 radical (unpaired) electrons. The van der Waals surface area contributed by atoms with Gasteiger partial charge in [0.1, 0.15) is 0 Å². The molecule has 1 heterocycles. The van der Waals surface area contributed by atoms with Gasteiger partial charge in [0.25, 0.3) is 0 Å². The quantitative estimate of drug-likeness (QED) is 0.883. The Morgan fingerprint density at radius 3 is 2.24 bits per heavy atom. The number of hydrogen-bond acceptors (Lipinski definition) is 2. The summed E-state index contributed by atoms with van der Waals surface area (Å²) in [6, 6.07) is 12.7. The number of nitrogens with zero attached hydrogens (tertiary/aromatic N) is 1. The van der Waals surface area contributed by atoms with Crippen molar-refractivity contribution in [2.24, 2.45) is 0 Å². The van der Waals surface area contributed by atoms with Crippen molar-refractivity contribution in [3.8, 4) is 0 Å².